The van der Waals surface area contributed by atoms with Crippen molar-refractivity contribution in [2.75, 3.05) is 5.32 Å². The van der Waals surface area contributed by atoms with E-state index in [1.54, 1.807) is 18.2 Å². The predicted molar refractivity (Wildman–Crippen MR) is 109 cm³/mol. The number of sulfonamides is 1. The molecule has 6 N–H and O–H groups in total. The summed E-state index contributed by atoms with van der Waals surface area (Å²) in [6.07, 6.45) is 2.92. The number of anilines is 1. The molecule has 0 saturated carbocycles. The number of guanidine groups is 1. The summed E-state index contributed by atoms with van der Waals surface area (Å²) in [6.45, 7) is 0. The van der Waals surface area contributed by atoms with E-state index in [0.717, 1.165) is 10.8 Å². The van der Waals surface area contributed by atoms with Crippen molar-refractivity contribution < 1.29 is 17.6 Å². The molecule has 0 aromatic heterocycles. The Bertz CT molecular complexity index is 1180. The molecule has 0 amide bonds. The Hall–Kier alpha value is -3.65. The molecule has 3 rings (SSSR count). The second-order valence-electron chi connectivity index (χ2n) is 5.99. The summed E-state index contributed by atoms with van der Waals surface area (Å²) < 4.78 is 25.9. The Labute approximate surface area is 162 Å². The van der Waals surface area contributed by atoms with Gasteiger partial charge < -0.3 is 5.32 Å². The van der Waals surface area contributed by atoms with Gasteiger partial charge in [0, 0.05) is 23.5 Å². The molecule has 3 aromatic rings. The fourth-order valence-corrected chi connectivity index (χ4v) is 3.52. The van der Waals surface area contributed by atoms with Gasteiger partial charge in [-0.05, 0) is 41.1 Å². The Morgan fingerprint density at radius 1 is 0.929 bits per heavy atom. The number of fused-ring (bicyclic) bond motifs is 1. The van der Waals surface area contributed by atoms with Crippen LogP contribution in [0, 0.1) is 0 Å². The van der Waals surface area contributed by atoms with Crippen LogP contribution in [0.15, 0.2) is 83.9 Å². The molecule has 0 fully saturated rings. The summed E-state index contributed by atoms with van der Waals surface area (Å²) in [5, 5.41) is 5.00. The molecule has 0 bridgehead atoms. The molecule has 0 saturated heterocycles. The van der Waals surface area contributed by atoms with Crippen LogP contribution in [-0.4, -0.2) is 20.2 Å². The molecular formula is C20H19N4O3S+. The third kappa shape index (κ3) is 4.54. The fourth-order valence-electron chi connectivity index (χ4n) is 2.60. The monoisotopic (exact) mass is 395 g/mol. The second-order valence-corrected chi connectivity index (χ2v) is 7.67. The normalized spacial score (nSPS) is 11.4. The first-order chi connectivity index (χ1) is 13.3. The molecule has 142 valence electrons. The van der Waals surface area contributed by atoms with Gasteiger partial charge in [-0.25, -0.2) is 0 Å². The molecule has 8 heteroatoms. The lowest BCUT2D eigenvalue weighted by Crippen LogP contribution is -2.80. The third-order valence-corrected chi connectivity index (χ3v) is 5.33. The maximum Gasteiger partial charge on any atom is 0.353 e. The number of carbonyl (C=O) groups excluding carboxylic acids is 1. The SMILES string of the molecule is NC(N)=[NH+]S(=O)(=O)c1ccc(N/C=C/C(=O)c2ccc3ccccc3c2)cc1. The van der Waals surface area contributed by atoms with Gasteiger partial charge in [-0.1, -0.05) is 36.4 Å². The highest BCUT2D eigenvalue weighted by Crippen LogP contribution is 2.16. The lowest BCUT2D eigenvalue weighted by molar-refractivity contribution is -0.270. The smallest absolute Gasteiger partial charge is 0.353 e. The maximum absolute atomic E-state index is 12.3. The molecule has 0 spiro atoms. The maximum atomic E-state index is 12.3. The van der Waals surface area contributed by atoms with Crippen molar-refractivity contribution in [3.05, 3.63) is 84.6 Å². The number of benzene rings is 3. The largest absolute Gasteiger partial charge is 0.362 e. The number of rotatable bonds is 6. The minimum absolute atomic E-state index is 0.0164. The summed E-state index contributed by atoms with van der Waals surface area (Å²) in [5.74, 6) is -0.548. The Kier molecular flexibility index (Phi) is 5.42. The van der Waals surface area contributed by atoms with Crippen LogP contribution in [0.2, 0.25) is 0 Å². The fraction of sp³-hybridized carbons (Fsp3) is 0. The minimum Gasteiger partial charge on any atom is -0.362 e. The number of ketones is 1. The van der Waals surface area contributed by atoms with Gasteiger partial charge in [0.05, 0.1) is 0 Å². The highest BCUT2D eigenvalue weighted by molar-refractivity contribution is 7.84. The van der Waals surface area contributed by atoms with Gasteiger partial charge in [0.25, 0.3) is 0 Å². The molecule has 0 atom stereocenters. The Morgan fingerprint density at radius 3 is 2.29 bits per heavy atom. The van der Waals surface area contributed by atoms with Crippen LogP contribution >= 0.6 is 0 Å². The first-order valence-corrected chi connectivity index (χ1v) is 9.80. The van der Waals surface area contributed by atoms with E-state index in [1.807, 2.05) is 40.8 Å². The second kappa shape index (κ2) is 7.93. The van der Waals surface area contributed by atoms with E-state index >= 15 is 0 Å². The minimum atomic E-state index is -3.80. The molecular weight excluding hydrogens is 376 g/mol. The van der Waals surface area contributed by atoms with Crippen molar-refractivity contribution in [2.24, 2.45) is 11.5 Å². The lowest BCUT2D eigenvalue weighted by atomic mass is 10.0. The zero-order chi connectivity index (χ0) is 20.1. The predicted octanol–water partition coefficient (Wildman–Crippen LogP) is 0.691. The van der Waals surface area contributed by atoms with Gasteiger partial charge in [0.2, 0.25) is 0 Å². The van der Waals surface area contributed by atoms with Gasteiger partial charge in [0.15, 0.2) is 5.78 Å². The van der Waals surface area contributed by atoms with Crippen LogP contribution in [0.3, 0.4) is 0 Å². The molecule has 0 radical (unpaired) electrons. The molecule has 0 aliphatic rings. The zero-order valence-electron chi connectivity index (χ0n) is 14.8. The topological polar surface area (TPSA) is 129 Å². The van der Waals surface area contributed by atoms with E-state index in [1.165, 1.54) is 24.4 Å². The van der Waals surface area contributed by atoms with Gasteiger partial charge in [-0.2, -0.15) is 12.8 Å². The highest BCUT2D eigenvalue weighted by Gasteiger charge is 2.14. The first kappa shape index (κ1) is 19.1. The summed E-state index contributed by atoms with van der Waals surface area (Å²) in [7, 11) is -3.80. The van der Waals surface area contributed by atoms with Gasteiger partial charge >= 0.3 is 16.0 Å². The van der Waals surface area contributed by atoms with Crippen LogP contribution in [0.5, 0.6) is 0 Å². The van der Waals surface area contributed by atoms with Crippen molar-refractivity contribution in [1.82, 2.24) is 0 Å². The molecule has 0 aliphatic heterocycles. The van der Waals surface area contributed by atoms with Crippen molar-refractivity contribution in [3.63, 3.8) is 0 Å². The number of nitrogens with two attached hydrogens (primary N) is 2. The Morgan fingerprint density at radius 2 is 1.61 bits per heavy atom. The molecule has 0 heterocycles. The molecule has 0 unspecified atom stereocenters. The molecule has 7 nitrogen and oxygen atoms in total. The molecule has 28 heavy (non-hydrogen) atoms. The number of carbonyl (C=O) groups is 1. The summed E-state index contributed by atoms with van der Waals surface area (Å²) in [6, 6.07) is 19.3. The van der Waals surface area contributed by atoms with E-state index in [9.17, 15) is 13.2 Å². The van der Waals surface area contributed by atoms with Crippen molar-refractivity contribution in [2.45, 2.75) is 4.90 Å². The lowest BCUT2D eigenvalue weighted by Gasteiger charge is -2.03. The quantitative estimate of drug-likeness (QED) is 0.210. The number of hydrogen-bond acceptors (Lipinski definition) is 4. The van der Waals surface area contributed by atoms with E-state index in [2.05, 4.69) is 5.32 Å². The Balaban J connectivity index is 1.68. The summed E-state index contributed by atoms with van der Waals surface area (Å²) >= 11 is 0. The van der Waals surface area contributed by atoms with E-state index in [0.29, 0.717) is 11.3 Å². The average molecular weight is 395 g/mol. The third-order valence-electron chi connectivity index (χ3n) is 3.94. The van der Waals surface area contributed by atoms with Crippen LogP contribution < -0.4 is 21.2 Å². The van der Waals surface area contributed by atoms with Gasteiger partial charge in [-0.3, -0.25) is 16.3 Å². The average Bonchev–Trinajstić information content (AvgIpc) is 2.67. The molecule has 3 aromatic carbocycles. The van der Waals surface area contributed by atoms with Crippen molar-refractivity contribution in [3.8, 4) is 0 Å². The van der Waals surface area contributed by atoms with Gasteiger partial charge in [-0.15, -0.1) is 0 Å². The van der Waals surface area contributed by atoms with E-state index in [4.69, 9.17) is 11.5 Å². The summed E-state index contributed by atoms with van der Waals surface area (Å²) in [4.78, 5) is 12.3. The number of allylic oxidation sites excluding steroid dienone is 1. The van der Waals surface area contributed by atoms with Crippen molar-refractivity contribution in [1.29, 1.82) is 0 Å². The van der Waals surface area contributed by atoms with Crippen molar-refractivity contribution >= 4 is 38.2 Å². The van der Waals surface area contributed by atoms with Gasteiger partial charge in [0.1, 0.15) is 4.90 Å². The van der Waals surface area contributed by atoms with E-state index in [-0.39, 0.29) is 10.7 Å². The van der Waals surface area contributed by atoms with E-state index < -0.39 is 16.0 Å². The number of hydrogen-bond donors (Lipinski definition) is 4. The zero-order valence-corrected chi connectivity index (χ0v) is 15.6. The van der Waals surface area contributed by atoms with Crippen LogP contribution in [0.1, 0.15) is 10.4 Å². The molecule has 0 aliphatic carbocycles. The van der Waals surface area contributed by atoms with Crippen LogP contribution in [0.4, 0.5) is 5.69 Å². The number of nitrogens with one attached hydrogen (secondary N) is 2. The van der Waals surface area contributed by atoms with Crippen LogP contribution in [0.25, 0.3) is 10.8 Å². The standard InChI is InChI=1S/C20H18N4O3S/c21-20(22)24-28(26,27)18-9-7-17(8-10-18)23-12-11-19(25)16-6-5-14-3-1-2-4-15(14)13-16/h1-13,23H,(H4,21,22,24)/p+1/b12-11+. The van der Waals surface area contributed by atoms with Crippen LogP contribution in [-0.2, 0) is 10.0 Å². The first-order valence-electron chi connectivity index (χ1n) is 8.32. The highest BCUT2D eigenvalue weighted by atomic mass is 32.2. The summed E-state index contributed by atoms with van der Waals surface area (Å²) in [5.41, 5.74) is 11.5.